The van der Waals surface area contributed by atoms with Crippen molar-refractivity contribution in [1.82, 2.24) is 0 Å². The maximum Gasteiger partial charge on any atom is 0.335 e. The van der Waals surface area contributed by atoms with Crippen LogP contribution in [-0.4, -0.2) is 27.9 Å². The van der Waals surface area contributed by atoms with Gasteiger partial charge < -0.3 is 10.2 Å². The molecule has 7 heteroatoms. The fraction of sp³-hybridized carbons (Fsp3) is 0.136. The van der Waals surface area contributed by atoms with Gasteiger partial charge in [-0.05, 0) is 66.8 Å². The van der Waals surface area contributed by atoms with Gasteiger partial charge in [0.25, 0.3) is 0 Å². The molecule has 2 N–H and O–H groups in total. The van der Waals surface area contributed by atoms with E-state index in [4.69, 9.17) is 10.2 Å². The summed E-state index contributed by atoms with van der Waals surface area (Å²) in [6.07, 6.45) is 5.67. The zero-order valence-electron chi connectivity index (χ0n) is 15.1. The predicted octanol–water partition coefficient (Wildman–Crippen LogP) is 5.83. The first-order valence-corrected chi connectivity index (χ1v) is 10.4. The minimum Gasteiger partial charge on any atom is -0.478 e. The van der Waals surface area contributed by atoms with Crippen molar-refractivity contribution in [3.8, 4) is 0 Å². The maximum absolute atomic E-state index is 13.0. The lowest BCUT2D eigenvalue weighted by atomic mass is 9.86. The fourth-order valence-electron chi connectivity index (χ4n) is 3.11. The molecule has 1 saturated carbocycles. The molecule has 0 bridgehead atoms. The van der Waals surface area contributed by atoms with Crippen molar-refractivity contribution in [1.29, 1.82) is 0 Å². The Morgan fingerprint density at radius 1 is 0.793 bits per heavy atom. The van der Waals surface area contributed by atoms with Crippen LogP contribution in [0.25, 0.3) is 12.2 Å². The molecule has 3 rings (SSSR count). The van der Waals surface area contributed by atoms with Crippen molar-refractivity contribution in [2.24, 2.45) is 0 Å². The van der Waals surface area contributed by atoms with Gasteiger partial charge in [-0.15, -0.1) is 0 Å². The van der Waals surface area contributed by atoms with Crippen molar-refractivity contribution in [3.05, 3.63) is 78.7 Å². The first-order valence-electron chi connectivity index (χ1n) is 8.78. The van der Waals surface area contributed by atoms with E-state index in [0.29, 0.717) is 32.9 Å². The van der Waals surface area contributed by atoms with E-state index < -0.39 is 11.9 Å². The summed E-state index contributed by atoms with van der Waals surface area (Å²) >= 11 is 6.74. The molecule has 148 valence electrons. The number of halogens is 2. The lowest BCUT2D eigenvalue weighted by Gasteiger charge is -2.17. The SMILES string of the molecule is O=C1/C(=C/c2ccc(C(=O)O)cc2Br)CCC/C1=C\c1ccc(C(=O)O)cc1Br. The molecular formula is C22H16Br2O5. The van der Waals surface area contributed by atoms with Crippen LogP contribution in [0.5, 0.6) is 0 Å². The number of carbonyl (C=O) groups is 3. The number of hydrogen-bond acceptors (Lipinski definition) is 3. The largest absolute Gasteiger partial charge is 0.478 e. The van der Waals surface area contributed by atoms with Gasteiger partial charge in [0.1, 0.15) is 0 Å². The van der Waals surface area contributed by atoms with Gasteiger partial charge in [-0.1, -0.05) is 44.0 Å². The van der Waals surface area contributed by atoms with Gasteiger partial charge in [-0.3, -0.25) is 4.79 Å². The number of benzene rings is 2. The molecular weight excluding hydrogens is 504 g/mol. The van der Waals surface area contributed by atoms with Crippen LogP contribution in [-0.2, 0) is 4.79 Å². The molecule has 0 heterocycles. The van der Waals surface area contributed by atoms with Crippen molar-refractivity contribution in [2.45, 2.75) is 19.3 Å². The second kappa shape index (κ2) is 8.88. The monoisotopic (exact) mass is 518 g/mol. The van der Waals surface area contributed by atoms with Crippen LogP contribution < -0.4 is 0 Å². The summed E-state index contributed by atoms with van der Waals surface area (Å²) in [6, 6.07) is 9.38. The number of hydrogen-bond donors (Lipinski definition) is 2. The Morgan fingerprint density at radius 2 is 1.21 bits per heavy atom. The predicted molar refractivity (Wildman–Crippen MR) is 117 cm³/mol. The number of ketones is 1. The van der Waals surface area contributed by atoms with Crippen LogP contribution in [0.4, 0.5) is 0 Å². The number of carbonyl (C=O) groups excluding carboxylic acids is 1. The van der Waals surface area contributed by atoms with Crippen LogP contribution in [0.3, 0.4) is 0 Å². The average Bonchev–Trinajstić information content (AvgIpc) is 2.67. The van der Waals surface area contributed by atoms with E-state index in [9.17, 15) is 14.4 Å². The summed E-state index contributed by atoms with van der Waals surface area (Å²) < 4.78 is 1.22. The molecule has 1 aliphatic carbocycles. The number of carboxylic acids is 2. The zero-order valence-corrected chi connectivity index (χ0v) is 18.3. The lowest BCUT2D eigenvalue weighted by molar-refractivity contribution is -0.112. The van der Waals surface area contributed by atoms with Crippen LogP contribution in [0.15, 0.2) is 56.5 Å². The Hall–Kier alpha value is -2.51. The Bertz CT molecular complexity index is 999. The molecule has 1 fully saturated rings. The average molecular weight is 520 g/mol. The minimum atomic E-state index is -1.01. The smallest absolute Gasteiger partial charge is 0.335 e. The van der Waals surface area contributed by atoms with Gasteiger partial charge in [0.15, 0.2) is 5.78 Å². The van der Waals surface area contributed by atoms with E-state index in [2.05, 4.69) is 31.9 Å². The number of rotatable bonds is 4. The Labute approximate surface area is 184 Å². The van der Waals surface area contributed by atoms with Crippen molar-refractivity contribution >= 4 is 61.7 Å². The van der Waals surface area contributed by atoms with Gasteiger partial charge in [0, 0.05) is 20.1 Å². The molecule has 1 aliphatic rings. The highest BCUT2D eigenvalue weighted by Crippen LogP contribution is 2.31. The molecule has 0 spiro atoms. The second-order valence-electron chi connectivity index (χ2n) is 6.60. The van der Waals surface area contributed by atoms with Crippen LogP contribution in [0, 0.1) is 0 Å². The molecule has 29 heavy (non-hydrogen) atoms. The highest BCUT2D eigenvalue weighted by molar-refractivity contribution is 9.10. The van der Waals surface area contributed by atoms with Crippen LogP contribution in [0.1, 0.15) is 51.1 Å². The highest BCUT2D eigenvalue weighted by atomic mass is 79.9. The van der Waals surface area contributed by atoms with Crippen LogP contribution in [0.2, 0.25) is 0 Å². The Kier molecular flexibility index (Phi) is 6.49. The number of Topliss-reactive ketones (excluding diaryl/α,β-unsaturated/α-hetero) is 1. The number of allylic oxidation sites excluding steroid dienone is 2. The molecule has 0 radical (unpaired) electrons. The molecule has 0 aromatic heterocycles. The van der Waals surface area contributed by atoms with E-state index in [-0.39, 0.29) is 16.9 Å². The van der Waals surface area contributed by atoms with Gasteiger partial charge in [0.2, 0.25) is 0 Å². The number of carboxylic acid groups (broad SMARTS) is 2. The lowest BCUT2D eigenvalue weighted by Crippen LogP contribution is -2.12. The summed E-state index contributed by atoms with van der Waals surface area (Å²) in [4.78, 5) is 35.1. The van der Waals surface area contributed by atoms with E-state index >= 15 is 0 Å². The number of aromatic carboxylic acids is 2. The normalized spacial score (nSPS) is 17.0. The van der Waals surface area contributed by atoms with E-state index in [1.807, 2.05) is 0 Å². The first kappa shape index (κ1) is 21.2. The van der Waals surface area contributed by atoms with Gasteiger partial charge in [-0.25, -0.2) is 9.59 Å². The van der Waals surface area contributed by atoms with Crippen LogP contribution >= 0.6 is 31.9 Å². The molecule has 2 aromatic carbocycles. The van der Waals surface area contributed by atoms with E-state index in [0.717, 1.165) is 17.5 Å². The summed E-state index contributed by atoms with van der Waals surface area (Å²) in [6.45, 7) is 0. The topological polar surface area (TPSA) is 91.7 Å². The Morgan fingerprint density at radius 3 is 1.55 bits per heavy atom. The Balaban J connectivity index is 1.91. The third kappa shape index (κ3) is 4.92. The van der Waals surface area contributed by atoms with Gasteiger partial charge in [-0.2, -0.15) is 0 Å². The fourth-order valence-corrected chi connectivity index (χ4v) is 4.09. The summed E-state index contributed by atoms with van der Waals surface area (Å²) in [7, 11) is 0. The molecule has 0 unspecified atom stereocenters. The van der Waals surface area contributed by atoms with Gasteiger partial charge in [0.05, 0.1) is 11.1 Å². The molecule has 2 aromatic rings. The molecule has 0 aliphatic heterocycles. The second-order valence-corrected chi connectivity index (χ2v) is 8.31. The van der Waals surface area contributed by atoms with Crippen molar-refractivity contribution < 1.29 is 24.6 Å². The maximum atomic E-state index is 13.0. The first-order chi connectivity index (χ1) is 13.8. The summed E-state index contributed by atoms with van der Waals surface area (Å²) in [5.41, 5.74) is 3.14. The molecule has 0 amide bonds. The molecule has 0 saturated heterocycles. The minimum absolute atomic E-state index is 0.0559. The molecule has 0 atom stereocenters. The third-order valence-electron chi connectivity index (χ3n) is 4.63. The zero-order chi connectivity index (χ0) is 21.1. The quantitative estimate of drug-likeness (QED) is 0.496. The van der Waals surface area contributed by atoms with Crippen molar-refractivity contribution in [3.63, 3.8) is 0 Å². The van der Waals surface area contributed by atoms with Gasteiger partial charge >= 0.3 is 11.9 Å². The van der Waals surface area contributed by atoms with E-state index in [1.54, 1.807) is 24.3 Å². The van der Waals surface area contributed by atoms with E-state index in [1.165, 1.54) is 24.3 Å². The summed E-state index contributed by atoms with van der Waals surface area (Å²) in [5, 5.41) is 18.1. The third-order valence-corrected chi connectivity index (χ3v) is 6.00. The van der Waals surface area contributed by atoms with Crippen molar-refractivity contribution in [2.75, 3.05) is 0 Å². The highest BCUT2D eigenvalue weighted by Gasteiger charge is 2.21. The molecule has 5 nitrogen and oxygen atoms in total. The summed E-state index contributed by atoms with van der Waals surface area (Å²) in [5.74, 6) is -2.08. The standard InChI is InChI=1S/C22H16Br2O5/c23-18-10-16(21(26)27)6-4-12(18)8-14-2-1-3-15(20(14)25)9-13-5-7-17(22(28)29)11-19(13)24/h4-11H,1-3H2,(H,26,27)(H,28,29)/b14-8+,15-9+.